The number of aliphatic hydroxyl groups excluding tert-OH is 1. The highest BCUT2D eigenvalue weighted by atomic mass is 32.2. The summed E-state index contributed by atoms with van der Waals surface area (Å²) in [6.07, 6.45) is 0.450. The summed E-state index contributed by atoms with van der Waals surface area (Å²) in [5.41, 5.74) is 0.929. The summed E-state index contributed by atoms with van der Waals surface area (Å²) in [6, 6.07) is 5.82. The van der Waals surface area contributed by atoms with E-state index in [0.717, 1.165) is 16.5 Å². The Labute approximate surface area is 124 Å². The molecule has 0 fully saturated rings. The van der Waals surface area contributed by atoms with Crippen LogP contribution < -0.4 is 0 Å². The van der Waals surface area contributed by atoms with E-state index in [9.17, 15) is 8.78 Å². The van der Waals surface area contributed by atoms with Gasteiger partial charge in [-0.1, -0.05) is 11.8 Å². The van der Waals surface area contributed by atoms with E-state index in [-0.39, 0.29) is 6.61 Å². The molecule has 0 aliphatic heterocycles. The van der Waals surface area contributed by atoms with Crippen LogP contribution in [0, 0.1) is 23.5 Å². The van der Waals surface area contributed by atoms with Crippen molar-refractivity contribution in [2.24, 2.45) is 0 Å². The fourth-order valence-corrected chi connectivity index (χ4v) is 3.36. The topological polar surface area (TPSA) is 20.2 Å². The van der Waals surface area contributed by atoms with Crippen LogP contribution in [-0.4, -0.2) is 11.7 Å². The van der Waals surface area contributed by atoms with Gasteiger partial charge in [0.25, 0.3) is 0 Å². The molecule has 1 aromatic carbocycles. The second-order valence-corrected chi connectivity index (χ2v) is 5.95. The van der Waals surface area contributed by atoms with Gasteiger partial charge in [0.1, 0.15) is 0 Å². The van der Waals surface area contributed by atoms with Crippen LogP contribution in [0.4, 0.5) is 8.78 Å². The summed E-state index contributed by atoms with van der Waals surface area (Å²) in [7, 11) is 0. The first kappa shape index (κ1) is 15.0. The molecule has 0 aliphatic rings. The minimum absolute atomic E-state index is 0.0517. The van der Waals surface area contributed by atoms with Gasteiger partial charge in [-0.05, 0) is 29.6 Å². The number of thioether (sulfide) groups is 1. The molecule has 1 aromatic heterocycles. The fourth-order valence-electron chi connectivity index (χ4n) is 1.49. The van der Waals surface area contributed by atoms with Gasteiger partial charge in [0, 0.05) is 27.5 Å². The molecule has 0 atom stereocenters. The van der Waals surface area contributed by atoms with E-state index in [2.05, 4.69) is 11.8 Å². The van der Waals surface area contributed by atoms with Gasteiger partial charge in [-0.15, -0.1) is 23.1 Å². The fraction of sp³-hybridized carbons (Fsp3) is 0.200. The van der Waals surface area contributed by atoms with Crippen LogP contribution in [0.15, 0.2) is 34.5 Å². The molecule has 1 nitrogen and oxygen atoms in total. The van der Waals surface area contributed by atoms with Crippen LogP contribution in [0.1, 0.15) is 16.9 Å². The van der Waals surface area contributed by atoms with Crippen LogP contribution in [0.2, 0.25) is 0 Å². The van der Waals surface area contributed by atoms with Gasteiger partial charge in [-0.3, -0.25) is 0 Å². The van der Waals surface area contributed by atoms with Crippen LogP contribution in [-0.2, 0) is 5.75 Å². The lowest BCUT2D eigenvalue weighted by molar-refractivity contribution is 0.305. The van der Waals surface area contributed by atoms with Crippen molar-refractivity contribution in [2.75, 3.05) is 6.61 Å². The molecule has 0 unspecified atom stereocenters. The Balaban J connectivity index is 2.02. The highest BCUT2D eigenvalue weighted by Gasteiger charge is 2.06. The zero-order valence-electron chi connectivity index (χ0n) is 10.5. The number of hydrogen-bond acceptors (Lipinski definition) is 3. The Kier molecular flexibility index (Phi) is 5.60. The summed E-state index contributed by atoms with van der Waals surface area (Å²) < 4.78 is 25.9. The second kappa shape index (κ2) is 7.44. The van der Waals surface area contributed by atoms with E-state index in [1.54, 1.807) is 17.4 Å². The molecule has 0 saturated heterocycles. The quantitative estimate of drug-likeness (QED) is 0.679. The number of hydrogen-bond donors (Lipinski definition) is 1. The van der Waals surface area contributed by atoms with E-state index in [4.69, 9.17) is 5.11 Å². The molecule has 2 aromatic rings. The molecule has 0 spiro atoms. The summed E-state index contributed by atoms with van der Waals surface area (Å²) in [5, 5.41) is 10.6. The monoisotopic (exact) mass is 310 g/mol. The standard InChI is InChI=1S/C15H12F2OS2/c16-13-5-4-12(9-14(13)17)20-10-15-11(6-8-19-15)3-1-2-7-18/h4-6,8-9,18H,2,7,10H2. The summed E-state index contributed by atoms with van der Waals surface area (Å²) in [5.74, 6) is 4.88. The number of thiophene rings is 1. The van der Waals surface area contributed by atoms with Crippen molar-refractivity contribution in [3.63, 3.8) is 0 Å². The molecule has 0 bridgehead atoms. The van der Waals surface area contributed by atoms with Crippen LogP contribution >= 0.6 is 23.1 Å². The highest BCUT2D eigenvalue weighted by Crippen LogP contribution is 2.28. The lowest BCUT2D eigenvalue weighted by atomic mass is 10.2. The molecule has 104 valence electrons. The van der Waals surface area contributed by atoms with Crippen LogP contribution in [0.5, 0.6) is 0 Å². The maximum atomic E-state index is 13.1. The molecule has 1 heterocycles. The second-order valence-electron chi connectivity index (χ2n) is 3.90. The minimum Gasteiger partial charge on any atom is -0.395 e. The largest absolute Gasteiger partial charge is 0.395 e. The summed E-state index contributed by atoms with van der Waals surface area (Å²) in [4.78, 5) is 1.77. The highest BCUT2D eigenvalue weighted by molar-refractivity contribution is 7.98. The van der Waals surface area contributed by atoms with Crippen molar-refractivity contribution in [2.45, 2.75) is 17.1 Å². The predicted octanol–water partition coefficient (Wildman–Crippen LogP) is 4.05. The van der Waals surface area contributed by atoms with E-state index in [0.29, 0.717) is 17.1 Å². The van der Waals surface area contributed by atoms with Gasteiger partial charge in [-0.25, -0.2) is 8.78 Å². The van der Waals surface area contributed by atoms with Gasteiger partial charge in [-0.2, -0.15) is 0 Å². The number of benzene rings is 1. The van der Waals surface area contributed by atoms with E-state index >= 15 is 0 Å². The van der Waals surface area contributed by atoms with Crippen molar-refractivity contribution in [1.82, 2.24) is 0 Å². The zero-order valence-corrected chi connectivity index (χ0v) is 12.2. The molecule has 20 heavy (non-hydrogen) atoms. The lowest BCUT2D eigenvalue weighted by Crippen LogP contribution is -1.85. The van der Waals surface area contributed by atoms with Crippen molar-refractivity contribution in [3.05, 3.63) is 51.7 Å². The lowest BCUT2D eigenvalue weighted by Gasteiger charge is -2.01. The third kappa shape index (κ3) is 4.07. The van der Waals surface area contributed by atoms with Crippen molar-refractivity contribution in [1.29, 1.82) is 0 Å². The normalized spacial score (nSPS) is 10.2. The molecule has 0 radical (unpaired) electrons. The summed E-state index contributed by atoms with van der Waals surface area (Å²) in [6.45, 7) is 0.0517. The van der Waals surface area contributed by atoms with Gasteiger partial charge >= 0.3 is 0 Å². The first-order chi connectivity index (χ1) is 9.70. The van der Waals surface area contributed by atoms with Crippen LogP contribution in [0.25, 0.3) is 0 Å². The molecule has 2 rings (SSSR count). The Hall–Kier alpha value is -1.35. The minimum atomic E-state index is -0.832. The molecular weight excluding hydrogens is 298 g/mol. The Morgan fingerprint density at radius 1 is 1.20 bits per heavy atom. The van der Waals surface area contributed by atoms with Gasteiger partial charge in [0.2, 0.25) is 0 Å². The SMILES string of the molecule is OCCC#Cc1ccsc1CSc1ccc(F)c(F)c1. The molecule has 0 amide bonds. The smallest absolute Gasteiger partial charge is 0.159 e. The Morgan fingerprint density at radius 2 is 2.05 bits per heavy atom. The summed E-state index contributed by atoms with van der Waals surface area (Å²) >= 11 is 3.02. The zero-order chi connectivity index (χ0) is 14.4. The average molecular weight is 310 g/mol. The van der Waals surface area contributed by atoms with E-state index in [1.165, 1.54) is 17.8 Å². The molecule has 0 aliphatic carbocycles. The molecular formula is C15H12F2OS2. The predicted molar refractivity (Wildman–Crippen MR) is 78.8 cm³/mol. The first-order valence-electron chi connectivity index (χ1n) is 5.94. The number of aliphatic hydroxyl groups is 1. The number of halogens is 2. The van der Waals surface area contributed by atoms with Gasteiger partial charge in [0.05, 0.1) is 6.61 Å². The van der Waals surface area contributed by atoms with Crippen LogP contribution in [0.3, 0.4) is 0 Å². The van der Waals surface area contributed by atoms with E-state index in [1.807, 2.05) is 11.4 Å². The van der Waals surface area contributed by atoms with Crippen molar-refractivity contribution < 1.29 is 13.9 Å². The maximum absolute atomic E-state index is 13.1. The van der Waals surface area contributed by atoms with Gasteiger partial charge in [0.15, 0.2) is 11.6 Å². The van der Waals surface area contributed by atoms with Crippen molar-refractivity contribution in [3.8, 4) is 11.8 Å². The third-order valence-electron chi connectivity index (χ3n) is 2.47. The average Bonchev–Trinajstić information content (AvgIpc) is 2.88. The molecule has 1 N–H and O–H groups in total. The Bertz CT molecular complexity index is 641. The first-order valence-corrected chi connectivity index (χ1v) is 7.81. The van der Waals surface area contributed by atoms with Gasteiger partial charge < -0.3 is 5.11 Å². The Morgan fingerprint density at radius 3 is 2.80 bits per heavy atom. The maximum Gasteiger partial charge on any atom is 0.159 e. The third-order valence-corrected chi connectivity index (χ3v) is 4.59. The molecule has 5 heteroatoms. The number of rotatable bonds is 4. The molecule has 0 saturated carbocycles. The van der Waals surface area contributed by atoms with Crippen molar-refractivity contribution >= 4 is 23.1 Å². The van der Waals surface area contributed by atoms with E-state index < -0.39 is 11.6 Å².